The molecule has 84 heavy (non-hydrogen) atoms. The zero-order chi connectivity index (χ0) is 60.3. The second kappa shape index (κ2) is 27.7. The van der Waals surface area contributed by atoms with Gasteiger partial charge < -0.3 is 39.3 Å². The SMILES string of the molecule is CC1=C(C(=O)OCCO)C(c2ccc(C#N)cc2)N(CCCN2CCN(CCN3CCN(CCCN4C(=O)N(c5cccc(C(F)(F)F)c5)C(C)=C(C(=O)OCCO)C4c4ccc(C#N)cc4)CC3)CC2)C(=O)N1c1cccc(C(F)(F)F)c1. The van der Waals surface area contributed by atoms with E-state index in [1.165, 1.54) is 47.9 Å². The van der Waals surface area contributed by atoms with Crippen molar-refractivity contribution in [3.8, 4) is 12.1 Å². The Morgan fingerprint density at radius 3 is 1.17 bits per heavy atom. The van der Waals surface area contributed by atoms with Crippen LogP contribution in [0.1, 0.15) is 72.2 Å². The molecule has 0 radical (unpaired) electrons. The van der Waals surface area contributed by atoms with Crippen molar-refractivity contribution in [1.29, 1.82) is 10.5 Å². The molecule has 24 heteroatoms. The fraction of sp³-hybridized carbons (Fsp3) is 0.433. The van der Waals surface area contributed by atoms with Crippen LogP contribution in [0.2, 0.25) is 0 Å². The molecule has 0 saturated carbocycles. The number of nitrogens with zero attached hydrogens (tertiary/aromatic N) is 10. The number of hydrogen-bond donors (Lipinski definition) is 2. The number of carbonyl (C=O) groups excluding carboxylic acids is 4. The zero-order valence-corrected chi connectivity index (χ0v) is 46.6. The van der Waals surface area contributed by atoms with Gasteiger partial charge in [-0.3, -0.25) is 19.6 Å². The number of piperazine rings is 2. The summed E-state index contributed by atoms with van der Waals surface area (Å²) in [6, 6.07) is 22.1. The molecular weight excluding hydrogens is 1100 g/mol. The number of urea groups is 2. The van der Waals surface area contributed by atoms with Gasteiger partial charge in [-0.15, -0.1) is 0 Å². The second-order valence-corrected chi connectivity index (χ2v) is 20.8. The number of anilines is 2. The molecule has 18 nitrogen and oxygen atoms in total. The Hall–Kier alpha value is -7.84. The van der Waals surface area contributed by atoms with Crippen LogP contribution in [-0.4, -0.2) is 182 Å². The van der Waals surface area contributed by atoms with Crippen molar-refractivity contribution < 1.29 is 65.2 Å². The van der Waals surface area contributed by atoms with Crippen molar-refractivity contribution in [1.82, 2.24) is 29.4 Å². The quantitative estimate of drug-likeness (QED) is 0.0606. The summed E-state index contributed by atoms with van der Waals surface area (Å²) in [6.45, 7) is 10.3. The highest BCUT2D eigenvalue weighted by molar-refractivity contribution is 6.04. The summed E-state index contributed by atoms with van der Waals surface area (Å²) in [5.74, 6) is -1.72. The van der Waals surface area contributed by atoms with Crippen LogP contribution in [0.4, 0.5) is 47.3 Å². The summed E-state index contributed by atoms with van der Waals surface area (Å²) in [6.07, 6.45) is -8.54. The van der Waals surface area contributed by atoms with Crippen LogP contribution >= 0.6 is 0 Å². The van der Waals surface area contributed by atoms with Gasteiger partial charge in [0.15, 0.2) is 0 Å². The Morgan fingerprint density at radius 1 is 0.524 bits per heavy atom. The fourth-order valence-corrected chi connectivity index (χ4v) is 11.2. The largest absolute Gasteiger partial charge is 0.460 e. The van der Waals surface area contributed by atoms with Crippen molar-refractivity contribution in [3.05, 3.63) is 153 Å². The summed E-state index contributed by atoms with van der Waals surface area (Å²) in [4.78, 5) is 71.4. The minimum Gasteiger partial charge on any atom is -0.460 e. The molecule has 4 heterocycles. The van der Waals surface area contributed by atoms with Gasteiger partial charge in [0, 0.05) is 89.9 Å². The van der Waals surface area contributed by atoms with Gasteiger partial charge in [0.05, 0.1) is 82.2 Å². The number of alkyl halides is 6. The van der Waals surface area contributed by atoms with E-state index in [1.807, 2.05) is 0 Å². The van der Waals surface area contributed by atoms with E-state index in [-0.39, 0.29) is 60.2 Å². The number of benzene rings is 4. The Bertz CT molecular complexity index is 2940. The van der Waals surface area contributed by atoms with Gasteiger partial charge in [0.1, 0.15) is 13.2 Å². The Labute approximate surface area is 483 Å². The first kappa shape index (κ1) is 62.2. The Morgan fingerprint density at radius 2 is 0.857 bits per heavy atom. The third kappa shape index (κ3) is 14.6. The van der Waals surface area contributed by atoms with Gasteiger partial charge in [0.2, 0.25) is 0 Å². The third-order valence-electron chi connectivity index (χ3n) is 15.6. The van der Waals surface area contributed by atoms with Gasteiger partial charge in [-0.25, -0.2) is 19.2 Å². The van der Waals surface area contributed by atoms with E-state index in [0.29, 0.717) is 48.2 Å². The van der Waals surface area contributed by atoms with Gasteiger partial charge in [-0.05, 0) is 112 Å². The van der Waals surface area contributed by atoms with Gasteiger partial charge in [-0.2, -0.15) is 36.9 Å². The standard InChI is InChI=1S/C60H66F6N10O8/c1-41-51(55(79)83-35-33-77)53(45-15-11-43(39-67)12-16-45)73(57(81)75(41)49-9-3-7-47(37-49)59(61,62)63)21-5-19-69-23-27-71(28-24-69)31-32-72-29-25-70(26-30-72)20-6-22-74-54(46-17-13-44(40-68)14-18-46)52(56(80)84-36-34-78)42(2)76(58(74)82)50-10-4-8-48(38-50)60(64,65)66/h3-4,7-18,37-38,53-54,77-78H,5-6,19-36H2,1-2H3. The molecule has 0 bridgehead atoms. The number of hydrogen-bond acceptors (Lipinski definition) is 14. The van der Waals surface area contributed by atoms with Crippen LogP contribution in [0.15, 0.2) is 120 Å². The molecule has 8 rings (SSSR count). The zero-order valence-electron chi connectivity index (χ0n) is 46.6. The van der Waals surface area contributed by atoms with Gasteiger partial charge >= 0.3 is 36.4 Å². The monoisotopic (exact) mass is 1170 g/mol. The first-order valence-corrected chi connectivity index (χ1v) is 27.7. The Kier molecular flexibility index (Phi) is 20.5. The van der Waals surface area contributed by atoms with E-state index in [9.17, 15) is 66.3 Å². The molecule has 4 aromatic carbocycles. The maximum atomic E-state index is 14.7. The molecule has 446 valence electrons. The van der Waals surface area contributed by atoms with Crippen LogP contribution in [0.3, 0.4) is 0 Å². The summed E-state index contributed by atoms with van der Waals surface area (Å²) in [5, 5.41) is 38.1. The summed E-state index contributed by atoms with van der Waals surface area (Å²) in [5.41, 5.74) is -0.392. The van der Waals surface area contributed by atoms with E-state index in [2.05, 4.69) is 31.7 Å². The van der Waals surface area contributed by atoms with E-state index < -0.39 is 72.8 Å². The first-order chi connectivity index (χ1) is 40.3. The number of carbonyl (C=O) groups is 4. The average molecular weight is 1170 g/mol. The number of ether oxygens (including phenoxy) is 2. The van der Waals surface area contributed by atoms with E-state index in [1.54, 1.807) is 48.5 Å². The Balaban J connectivity index is 0.865. The van der Waals surface area contributed by atoms with Crippen molar-refractivity contribution in [2.45, 2.75) is 51.1 Å². The van der Waals surface area contributed by atoms with Gasteiger partial charge in [-0.1, -0.05) is 36.4 Å². The lowest BCUT2D eigenvalue weighted by atomic mass is 9.92. The molecule has 0 aliphatic carbocycles. The molecule has 0 aromatic heterocycles. The number of halogens is 6. The summed E-state index contributed by atoms with van der Waals surface area (Å²) in [7, 11) is 0. The average Bonchev–Trinajstić information content (AvgIpc) is 3.59. The second-order valence-electron chi connectivity index (χ2n) is 20.8. The van der Waals surface area contributed by atoms with Crippen molar-refractivity contribution in [2.24, 2.45) is 0 Å². The van der Waals surface area contributed by atoms with Crippen LogP contribution in [0.25, 0.3) is 0 Å². The van der Waals surface area contributed by atoms with E-state index in [4.69, 9.17) is 9.47 Å². The molecule has 2 fully saturated rings. The predicted molar refractivity (Wildman–Crippen MR) is 296 cm³/mol. The number of rotatable bonds is 21. The maximum absolute atomic E-state index is 14.7. The highest BCUT2D eigenvalue weighted by atomic mass is 19.4. The summed E-state index contributed by atoms with van der Waals surface area (Å²) >= 11 is 0. The molecule has 0 spiro atoms. The molecule has 4 aliphatic rings. The number of amides is 4. The molecule has 2 saturated heterocycles. The number of nitriles is 2. The number of aliphatic hydroxyl groups is 2. The fourth-order valence-electron chi connectivity index (χ4n) is 11.2. The van der Waals surface area contributed by atoms with Crippen LogP contribution in [0, 0.1) is 22.7 Å². The first-order valence-electron chi connectivity index (χ1n) is 27.7. The van der Waals surface area contributed by atoms with Crippen molar-refractivity contribution >= 4 is 35.4 Å². The minimum atomic E-state index is -4.71. The van der Waals surface area contributed by atoms with E-state index >= 15 is 0 Å². The predicted octanol–water partition coefficient (Wildman–Crippen LogP) is 7.77. The lowest BCUT2D eigenvalue weighted by molar-refractivity contribution is -0.141. The molecule has 2 atom stereocenters. The van der Waals surface area contributed by atoms with Crippen molar-refractivity contribution in [3.63, 3.8) is 0 Å². The molecule has 4 amide bonds. The molecular formula is C60H66F6N10O8. The number of allylic oxidation sites excluding steroid dienone is 2. The molecule has 4 aromatic rings. The highest BCUT2D eigenvalue weighted by Crippen LogP contribution is 2.44. The smallest absolute Gasteiger partial charge is 0.416 e. The lowest BCUT2D eigenvalue weighted by Crippen LogP contribution is -2.53. The highest BCUT2D eigenvalue weighted by Gasteiger charge is 2.46. The van der Waals surface area contributed by atoms with Crippen LogP contribution in [-0.2, 0) is 31.4 Å². The number of aliphatic hydroxyl groups excluding tert-OH is 2. The third-order valence-corrected chi connectivity index (χ3v) is 15.6. The molecule has 4 aliphatic heterocycles. The van der Waals surface area contributed by atoms with Gasteiger partial charge in [0.25, 0.3) is 0 Å². The molecule has 2 unspecified atom stereocenters. The van der Waals surface area contributed by atoms with Crippen LogP contribution in [0.5, 0.6) is 0 Å². The van der Waals surface area contributed by atoms with E-state index in [0.717, 1.165) is 99.5 Å². The number of esters is 2. The van der Waals surface area contributed by atoms with Crippen LogP contribution < -0.4 is 9.80 Å². The maximum Gasteiger partial charge on any atom is 0.416 e. The summed E-state index contributed by atoms with van der Waals surface area (Å²) < 4.78 is 94.6. The lowest BCUT2D eigenvalue weighted by Gasteiger charge is -2.43. The normalized spacial score (nSPS) is 19.0. The molecule has 2 N–H and O–H groups in total. The minimum absolute atomic E-state index is 0.000743. The topological polar surface area (TPSA) is 201 Å². The van der Waals surface area contributed by atoms with Crippen molar-refractivity contribution in [2.75, 3.05) is 128 Å².